The van der Waals surface area contributed by atoms with Crippen molar-refractivity contribution in [2.75, 3.05) is 7.05 Å². The predicted octanol–water partition coefficient (Wildman–Crippen LogP) is 0.992. The number of likely N-dealkylation sites (N-methyl/N-ethyl adjacent to an activating group) is 1. The summed E-state index contributed by atoms with van der Waals surface area (Å²) in [6.45, 7) is 0. The standard InChI is InChI=1S/C21H15N5O3/c1-26-20(27)14-15(21(26)28)19-13-12(18(14)29-19)16(10-6-2-4-8-22-10)24-25-17(13)11-7-3-5-9-23-11/h2-9,12-13,18-19H,1H3/t12-,13+,18+,19-. The molecule has 8 heteroatoms. The maximum atomic E-state index is 12.7. The van der Waals surface area contributed by atoms with Crippen LogP contribution in [-0.4, -0.2) is 57.4 Å². The molecule has 142 valence electrons. The molecule has 2 bridgehead atoms. The summed E-state index contributed by atoms with van der Waals surface area (Å²) in [6, 6.07) is 11.2. The third-order valence-corrected chi connectivity index (χ3v) is 6.01. The van der Waals surface area contributed by atoms with Gasteiger partial charge in [-0.2, -0.15) is 10.2 Å². The second-order valence-corrected chi connectivity index (χ2v) is 7.43. The second-order valence-electron chi connectivity index (χ2n) is 7.43. The Labute approximate surface area is 165 Å². The van der Waals surface area contributed by atoms with Crippen molar-refractivity contribution >= 4 is 23.2 Å². The van der Waals surface area contributed by atoms with E-state index < -0.39 is 12.2 Å². The van der Waals surface area contributed by atoms with Crippen LogP contribution in [0.2, 0.25) is 0 Å². The van der Waals surface area contributed by atoms with Gasteiger partial charge in [-0.25, -0.2) is 0 Å². The van der Waals surface area contributed by atoms with E-state index >= 15 is 0 Å². The number of ether oxygens (including phenoxy) is 1. The molecule has 0 N–H and O–H groups in total. The van der Waals surface area contributed by atoms with Crippen LogP contribution in [0.1, 0.15) is 11.4 Å². The summed E-state index contributed by atoms with van der Waals surface area (Å²) in [5, 5.41) is 8.97. The highest BCUT2D eigenvalue weighted by atomic mass is 16.5. The molecule has 8 nitrogen and oxygen atoms in total. The smallest absolute Gasteiger partial charge is 0.259 e. The van der Waals surface area contributed by atoms with Crippen LogP contribution in [0, 0.1) is 11.8 Å². The van der Waals surface area contributed by atoms with Gasteiger partial charge in [-0.15, -0.1) is 0 Å². The number of pyridine rings is 2. The predicted molar refractivity (Wildman–Crippen MR) is 102 cm³/mol. The fourth-order valence-corrected chi connectivity index (χ4v) is 4.77. The van der Waals surface area contributed by atoms with E-state index in [2.05, 4.69) is 20.2 Å². The van der Waals surface area contributed by atoms with E-state index in [1.165, 1.54) is 11.9 Å². The van der Waals surface area contributed by atoms with Gasteiger partial charge < -0.3 is 4.74 Å². The summed E-state index contributed by atoms with van der Waals surface area (Å²) in [5.41, 5.74) is 3.63. The molecule has 0 spiro atoms. The molecule has 0 radical (unpaired) electrons. The number of hydrogen-bond acceptors (Lipinski definition) is 7. The number of imide groups is 1. The van der Waals surface area contributed by atoms with Crippen molar-refractivity contribution in [3.63, 3.8) is 0 Å². The summed E-state index contributed by atoms with van der Waals surface area (Å²) in [6.07, 6.45) is 2.30. The lowest BCUT2D eigenvalue weighted by Crippen LogP contribution is -2.43. The molecule has 29 heavy (non-hydrogen) atoms. The minimum absolute atomic E-state index is 0.258. The van der Waals surface area contributed by atoms with Crippen LogP contribution in [0.3, 0.4) is 0 Å². The molecule has 4 aliphatic rings. The van der Waals surface area contributed by atoms with Gasteiger partial charge in [-0.1, -0.05) is 12.1 Å². The van der Waals surface area contributed by atoms with Crippen LogP contribution >= 0.6 is 0 Å². The topological polar surface area (TPSA) is 97.1 Å². The second kappa shape index (κ2) is 5.74. The first-order valence-electron chi connectivity index (χ1n) is 9.37. The molecule has 6 rings (SSSR count). The summed E-state index contributed by atoms with van der Waals surface area (Å²) in [5.74, 6) is -1.10. The molecule has 2 aromatic rings. The van der Waals surface area contributed by atoms with E-state index in [0.29, 0.717) is 34.0 Å². The van der Waals surface area contributed by atoms with E-state index in [9.17, 15) is 9.59 Å². The first kappa shape index (κ1) is 16.4. The van der Waals surface area contributed by atoms with Crippen molar-refractivity contribution < 1.29 is 14.3 Å². The summed E-state index contributed by atoms with van der Waals surface area (Å²) >= 11 is 0. The van der Waals surface area contributed by atoms with Gasteiger partial charge in [-0.05, 0) is 24.3 Å². The molecular formula is C21H15N5O3. The molecule has 2 aromatic heterocycles. The Morgan fingerprint density at radius 2 is 1.28 bits per heavy atom. The number of hydrogen-bond donors (Lipinski definition) is 0. The third-order valence-electron chi connectivity index (χ3n) is 6.01. The van der Waals surface area contributed by atoms with Crippen LogP contribution in [0.5, 0.6) is 0 Å². The highest BCUT2D eigenvalue weighted by Gasteiger charge is 2.64. The SMILES string of the molecule is CN1C(=O)C2=C(C1=O)[C@@H]1O[C@H]2[C@H]2C(c3ccccn3)=NN=C(c3ccccn3)[C@H]21. The highest BCUT2D eigenvalue weighted by Crippen LogP contribution is 2.53. The maximum Gasteiger partial charge on any atom is 0.259 e. The third kappa shape index (κ3) is 2.06. The summed E-state index contributed by atoms with van der Waals surface area (Å²) < 4.78 is 6.22. The van der Waals surface area contributed by atoms with Gasteiger partial charge in [0.1, 0.15) is 0 Å². The van der Waals surface area contributed by atoms with E-state index in [0.717, 1.165) is 0 Å². The van der Waals surface area contributed by atoms with Crippen LogP contribution in [0.4, 0.5) is 0 Å². The first-order chi connectivity index (χ1) is 14.2. The Bertz CT molecular complexity index is 1070. The Kier molecular flexibility index (Phi) is 3.25. The monoisotopic (exact) mass is 385 g/mol. The number of carbonyl (C=O) groups is 2. The van der Waals surface area contributed by atoms with Crippen molar-refractivity contribution in [1.29, 1.82) is 0 Å². The zero-order chi connectivity index (χ0) is 19.7. The van der Waals surface area contributed by atoms with Crippen LogP contribution in [-0.2, 0) is 14.3 Å². The largest absolute Gasteiger partial charge is 0.364 e. The molecule has 4 atom stereocenters. The molecule has 0 saturated carbocycles. The molecular weight excluding hydrogens is 370 g/mol. The molecule has 6 heterocycles. The lowest BCUT2D eigenvalue weighted by atomic mass is 9.70. The number of fused-ring (bicyclic) bond motifs is 7. The minimum atomic E-state index is -0.545. The number of carbonyl (C=O) groups excluding carboxylic acids is 2. The molecule has 2 amide bonds. The van der Waals surface area contributed by atoms with Gasteiger partial charge in [-0.3, -0.25) is 24.5 Å². The fraction of sp³-hybridized carbons (Fsp3) is 0.238. The molecule has 1 saturated heterocycles. The van der Waals surface area contributed by atoms with Gasteiger partial charge in [0.2, 0.25) is 0 Å². The van der Waals surface area contributed by atoms with Crippen LogP contribution in [0.25, 0.3) is 0 Å². The zero-order valence-corrected chi connectivity index (χ0v) is 15.4. The van der Waals surface area contributed by atoms with Gasteiger partial charge in [0.15, 0.2) is 0 Å². The van der Waals surface area contributed by atoms with Gasteiger partial charge >= 0.3 is 0 Å². The molecule has 4 aliphatic heterocycles. The normalized spacial score (nSPS) is 29.8. The average Bonchev–Trinajstić information content (AvgIpc) is 3.41. The number of aromatic nitrogens is 2. The fourth-order valence-electron chi connectivity index (χ4n) is 4.77. The zero-order valence-electron chi connectivity index (χ0n) is 15.4. The van der Waals surface area contributed by atoms with Crippen molar-refractivity contribution in [3.05, 3.63) is 71.3 Å². The van der Waals surface area contributed by atoms with E-state index in [-0.39, 0.29) is 23.7 Å². The average molecular weight is 385 g/mol. The Balaban J connectivity index is 1.55. The quantitative estimate of drug-likeness (QED) is 0.719. The molecule has 0 aliphatic carbocycles. The molecule has 1 fully saturated rings. The first-order valence-corrected chi connectivity index (χ1v) is 9.37. The number of nitrogens with zero attached hydrogens (tertiary/aromatic N) is 5. The van der Waals surface area contributed by atoms with Crippen LogP contribution < -0.4 is 0 Å². The van der Waals surface area contributed by atoms with E-state index in [1.54, 1.807) is 12.4 Å². The van der Waals surface area contributed by atoms with Crippen molar-refractivity contribution in [3.8, 4) is 0 Å². The Hall–Kier alpha value is -3.52. The minimum Gasteiger partial charge on any atom is -0.364 e. The maximum absolute atomic E-state index is 12.7. The number of rotatable bonds is 2. The van der Waals surface area contributed by atoms with Crippen molar-refractivity contribution in [1.82, 2.24) is 14.9 Å². The molecule has 0 unspecified atom stereocenters. The Morgan fingerprint density at radius 3 is 1.69 bits per heavy atom. The van der Waals surface area contributed by atoms with Crippen LogP contribution in [0.15, 0.2) is 70.1 Å². The summed E-state index contributed by atoms with van der Waals surface area (Å²) in [4.78, 5) is 35.5. The van der Waals surface area contributed by atoms with Gasteiger partial charge in [0.25, 0.3) is 11.8 Å². The lowest BCUT2D eigenvalue weighted by molar-refractivity contribution is -0.137. The van der Waals surface area contributed by atoms with Gasteiger partial charge in [0, 0.05) is 31.3 Å². The van der Waals surface area contributed by atoms with Gasteiger partial charge in [0.05, 0.1) is 46.2 Å². The number of amides is 2. The molecule has 0 aromatic carbocycles. The van der Waals surface area contributed by atoms with E-state index in [1.807, 2.05) is 36.4 Å². The van der Waals surface area contributed by atoms with E-state index in [4.69, 9.17) is 4.74 Å². The van der Waals surface area contributed by atoms with Crippen molar-refractivity contribution in [2.24, 2.45) is 22.0 Å². The summed E-state index contributed by atoms with van der Waals surface area (Å²) in [7, 11) is 1.51. The highest BCUT2D eigenvalue weighted by molar-refractivity contribution is 6.23. The lowest BCUT2D eigenvalue weighted by Gasteiger charge is -2.31. The Morgan fingerprint density at radius 1 is 0.793 bits per heavy atom. The van der Waals surface area contributed by atoms with Crippen molar-refractivity contribution in [2.45, 2.75) is 12.2 Å².